The van der Waals surface area contributed by atoms with Gasteiger partial charge in [0.05, 0.1) is 6.04 Å². The molecule has 0 bridgehead atoms. The van der Waals surface area contributed by atoms with E-state index in [4.69, 9.17) is 11.5 Å². The third kappa shape index (κ3) is 2.45. The Morgan fingerprint density at radius 3 is 3.00 bits per heavy atom. The molecule has 0 saturated carbocycles. The number of hydrogen-bond donors (Lipinski definition) is 2. The standard InChI is InChI=1S/C9H9N3O2/c1-3-6(2)12-8-4-7(9(13)14)10-5-11-8/h1,4-6H,2H3,(H,13,14)(H,10,11,12). The zero-order valence-electron chi connectivity index (χ0n) is 7.56. The molecule has 0 aliphatic rings. The second-order valence-electron chi connectivity index (χ2n) is 2.63. The lowest BCUT2D eigenvalue weighted by atomic mass is 10.3. The van der Waals surface area contributed by atoms with Crippen molar-refractivity contribution >= 4 is 11.8 Å². The highest BCUT2D eigenvalue weighted by Crippen LogP contribution is 2.04. The fourth-order valence-corrected chi connectivity index (χ4v) is 0.817. The normalized spacial score (nSPS) is 11.4. The molecule has 5 heteroatoms. The van der Waals surface area contributed by atoms with Gasteiger partial charge in [-0.25, -0.2) is 14.8 Å². The summed E-state index contributed by atoms with van der Waals surface area (Å²) in [5, 5.41) is 11.5. The third-order valence-electron chi connectivity index (χ3n) is 1.50. The van der Waals surface area contributed by atoms with E-state index >= 15 is 0 Å². The zero-order valence-corrected chi connectivity index (χ0v) is 7.56. The molecule has 1 aromatic heterocycles. The van der Waals surface area contributed by atoms with Crippen molar-refractivity contribution in [2.75, 3.05) is 5.32 Å². The number of nitrogens with one attached hydrogen (secondary N) is 1. The second kappa shape index (κ2) is 4.23. The molecule has 1 atom stereocenters. The second-order valence-corrected chi connectivity index (χ2v) is 2.63. The highest BCUT2D eigenvalue weighted by molar-refractivity contribution is 5.86. The molecule has 0 fully saturated rings. The molecular weight excluding hydrogens is 182 g/mol. The van der Waals surface area contributed by atoms with Crippen molar-refractivity contribution < 1.29 is 9.90 Å². The Labute approximate surface area is 81.2 Å². The number of carbonyl (C=O) groups is 1. The summed E-state index contributed by atoms with van der Waals surface area (Å²) in [4.78, 5) is 17.9. The Morgan fingerprint density at radius 1 is 1.71 bits per heavy atom. The molecule has 0 aliphatic heterocycles. The van der Waals surface area contributed by atoms with Gasteiger partial charge >= 0.3 is 5.97 Å². The molecule has 0 aromatic carbocycles. The monoisotopic (exact) mass is 191 g/mol. The van der Waals surface area contributed by atoms with Crippen molar-refractivity contribution in [3.63, 3.8) is 0 Å². The van der Waals surface area contributed by atoms with Crippen LogP contribution in [0.4, 0.5) is 5.82 Å². The molecule has 1 heterocycles. The van der Waals surface area contributed by atoms with Crippen molar-refractivity contribution in [1.29, 1.82) is 0 Å². The summed E-state index contributed by atoms with van der Waals surface area (Å²) >= 11 is 0. The number of hydrogen-bond acceptors (Lipinski definition) is 4. The van der Waals surface area contributed by atoms with Crippen LogP contribution >= 0.6 is 0 Å². The summed E-state index contributed by atoms with van der Waals surface area (Å²) in [6.07, 6.45) is 6.32. The van der Waals surface area contributed by atoms with E-state index in [1.807, 2.05) is 0 Å². The van der Waals surface area contributed by atoms with Crippen LogP contribution in [0.2, 0.25) is 0 Å². The number of carboxylic acid groups (broad SMARTS) is 1. The number of anilines is 1. The topological polar surface area (TPSA) is 75.1 Å². The quantitative estimate of drug-likeness (QED) is 0.684. The molecular formula is C9H9N3O2. The summed E-state index contributed by atoms with van der Waals surface area (Å²) in [7, 11) is 0. The number of aromatic nitrogens is 2. The first-order valence-electron chi connectivity index (χ1n) is 3.91. The molecule has 72 valence electrons. The number of aromatic carboxylic acids is 1. The van der Waals surface area contributed by atoms with Gasteiger partial charge in [-0.05, 0) is 6.92 Å². The highest BCUT2D eigenvalue weighted by atomic mass is 16.4. The molecule has 0 radical (unpaired) electrons. The minimum Gasteiger partial charge on any atom is -0.477 e. The van der Waals surface area contributed by atoms with Gasteiger partial charge in [0, 0.05) is 6.07 Å². The first kappa shape index (κ1) is 9.99. The predicted molar refractivity (Wildman–Crippen MR) is 50.9 cm³/mol. The van der Waals surface area contributed by atoms with Gasteiger partial charge in [-0.2, -0.15) is 0 Å². The number of carboxylic acids is 1. The van der Waals surface area contributed by atoms with Crippen molar-refractivity contribution in [2.24, 2.45) is 0 Å². The molecule has 2 N–H and O–H groups in total. The van der Waals surface area contributed by atoms with Crippen LogP contribution in [0.3, 0.4) is 0 Å². The number of terminal acetylenes is 1. The van der Waals surface area contributed by atoms with Crippen LogP contribution < -0.4 is 5.32 Å². The summed E-state index contributed by atoms with van der Waals surface area (Å²) in [5.74, 6) is 1.75. The fraction of sp³-hybridized carbons (Fsp3) is 0.222. The van der Waals surface area contributed by atoms with Gasteiger partial charge in [-0.3, -0.25) is 0 Å². The SMILES string of the molecule is C#CC(C)Nc1cc(C(=O)O)ncn1. The molecule has 1 rings (SSSR count). The summed E-state index contributed by atoms with van der Waals surface area (Å²) in [5.41, 5.74) is -0.0632. The van der Waals surface area contributed by atoms with Crippen LogP contribution in [-0.4, -0.2) is 27.1 Å². The van der Waals surface area contributed by atoms with Gasteiger partial charge < -0.3 is 10.4 Å². The van der Waals surface area contributed by atoms with Gasteiger partial charge in [0.15, 0.2) is 5.69 Å². The van der Waals surface area contributed by atoms with E-state index in [0.29, 0.717) is 5.82 Å². The molecule has 0 saturated heterocycles. The Hall–Kier alpha value is -2.09. The van der Waals surface area contributed by atoms with Gasteiger partial charge in [0.2, 0.25) is 0 Å². The van der Waals surface area contributed by atoms with Crippen LogP contribution in [0.5, 0.6) is 0 Å². The maximum Gasteiger partial charge on any atom is 0.354 e. The largest absolute Gasteiger partial charge is 0.477 e. The van der Waals surface area contributed by atoms with E-state index in [2.05, 4.69) is 21.2 Å². The van der Waals surface area contributed by atoms with Crippen LogP contribution in [-0.2, 0) is 0 Å². The first-order valence-corrected chi connectivity index (χ1v) is 3.91. The molecule has 5 nitrogen and oxygen atoms in total. The molecule has 0 spiro atoms. The van der Waals surface area contributed by atoms with Gasteiger partial charge in [0.1, 0.15) is 12.1 Å². The molecule has 1 aromatic rings. The minimum atomic E-state index is -1.09. The molecule has 1 unspecified atom stereocenters. The van der Waals surface area contributed by atoms with Crippen molar-refractivity contribution in [3.8, 4) is 12.3 Å². The van der Waals surface area contributed by atoms with E-state index in [1.54, 1.807) is 6.92 Å². The molecule has 0 amide bonds. The van der Waals surface area contributed by atoms with Crippen LogP contribution in [0.25, 0.3) is 0 Å². The van der Waals surface area contributed by atoms with Crippen LogP contribution in [0.1, 0.15) is 17.4 Å². The van der Waals surface area contributed by atoms with E-state index < -0.39 is 5.97 Å². The van der Waals surface area contributed by atoms with Crippen LogP contribution in [0, 0.1) is 12.3 Å². The maximum atomic E-state index is 10.6. The Bertz CT molecular complexity index is 384. The van der Waals surface area contributed by atoms with E-state index in [-0.39, 0.29) is 11.7 Å². The smallest absolute Gasteiger partial charge is 0.354 e. The number of rotatable bonds is 3. The van der Waals surface area contributed by atoms with Gasteiger partial charge in [-0.1, -0.05) is 5.92 Å². The van der Waals surface area contributed by atoms with Gasteiger partial charge in [-0.15, -0.1) is 6.42 Å². The van der Waals surface area contributed by atoms with E-state index in [9.17, 15) is 4.79 Å². The summed E-state index contributed by atoms with van der Waals surface area (Å²) < 4.78 is 0. The Kier molecular flexibility index (Phi) is 3.02. The van der Waals surface area contributed by atoms with Crippen LogP contribution in [0.15, 0.2) is 12.4 Å². The summed E-state index contributed by atoms with van der Waals surface area (Å²) in [6.45, 7) is 1.77. The lowest BCUT2D eigenvalue weighted by molar-refractivity contribution is 0.0690. The Balaban J connectivity index is 2.85. The number of nitrogens with zero attached hydrogens (tertiary/aromatic N) is 2. The highest BCUT2D eigenvalue weighted by Gasteiger charge is 2.06. The zero-order chi connectivity index (χ0) is 10.6. The van der Waals surface area contributed by atoms with E-state index in [1.165, 1.54) is 12.4 Å². The van der Waals surface area contributed by atoms with Crippen molar-refractivity contribution in [1.82, 2.24) is 9.97 Å². The third-order valence-corrected chi connectivity index (χ3v) is 1.50. The average Bonchev–Trinajstić information content (AvgIpc) is 2.18. The maximum absolute atomic E-state index is 10.6. The van der Waals surface area contributed by atoms with E-state index in [0.717, 1.165) is 0 Å². The predicted octanol–water partition coefficient (Wildman–Crippen LogP) is 0.608. The van der Waals surface area contributed by atoms with Crippen molar-refractivity contribution in [3.05, 3.63) is 18.1 Å². The summed E-state index contributed by atoms with van der Waals surface area (Å²) in [6, 6.07) is 1.13. The first-order chi connectivity index (χ1) is 6.63. The fourth-order valence-electron chi connectivity index (χ4n) is 0.817. The molecule has 0 aliphatic carbocycles. The minimum absolute atomic E-state index is 0.0632. The van der Waals surface area contributed by atoms with Gasteiger partial charge in [0.25, 0.3) is 0 Å². The average molecular weight is 191 g/mol. The van der Waals surface area contributed by atoms with Crippen molar-refractivity contribution in [2.45, 2.75) is 13.0 Å². The lowest BCUT2D eigenvalue weighted by Gasteiger charge is -2.07. The lowest BCUT2D eigenvalue weighted by Crippen LogP contribution is -2.14. The molecule has 14 heavy (non-hydrogen) atoms. The Morgan fingerprint density at radius 2 is 2.43 bits per heavy atom.